The summed E-state index contributed by atoms with van der Waals surface area (Å²) in [5.74, 6) is 0.779. The molecule has 0 aromatic heterocycles. The van der Waals surface area contributed by atoms with Gasteiger partial charge in [-0.3, -0.25) is 9.59 Å². The average molecular weight is 220 g/mol. The maximum absolute atomic E-state index is 11.5. The Morgan fingerprint density at radius 1 is 0.938 bits per heavy atom. The number of hydrogen-bond acceptors (Lipinski definition) is 2. The zero-order chi connectivity index (χ0) is 12.3. The molecule has 3 atom stereocenters. The molecule has 0 N–H and O–H groups in total. The molecular weight excluding hydrogens is 200 g/mol. The second-order valence-electron chi connectivity index (χ2n) is 4.88. The van der Waals surface area contributed by atoms with Crippen molar-refractivity contribution in [2.24, 2.45) is 17.8 Å². The predicted molar refractivity (Wildman–Crippen MR) is 64.0 cm³/mol. The van der Waals surface area contributed by atoms with Gasteiger partial charge in [0.05, 0.1) is 0 Å². The highest BCUT2D eigenvalue weighted by Gasteiger charge is 2.33. The lowest BCUT2D eigenvalue weighted by Gasteiger charge is -2.32. The Hall–Kier alpha value is -1.14. The van der Waals surface area contributed by atoms with Crippen LogP contribution in [0.15, 0.2) is 17.9 Å². The number of Topliss-reactive ketones (excluding diaryl/α,β-unsaturated/α-hetero) is 2. The molecule has 88 valence electrons. The molecule has 0 aliphatic heterocycles. The van der Waals surface area contributed by atoms with Crippen LogP contribution in [0.1, 0.15) is 40.0 Å². The highest BCUT2D eigenvalue weighted by Crippen LogP contribution is 2.37. The minimum atomic E-state index is 0.0379. The van der Waals surface area contributed by atoms with Crippen LogP contribution < -0.4 is 0 Å². The summed E-state index contributed by atoms with van der Waals surface area (Å²) < 4.78 is 0. The van der Waals surface area contributed by atoms with E-state index in [0.29, 0.717) is 5.92 Å². The lowest BCUT2D eigenvalue weighted by Crippen LogP contribution is -2.30. The Morgan fingerprint density at radius 3 is 1.62 bits per heavy atom. The lowest BCUT2D eigenvalue weighted by molar-refractivity contribution is -0.126. The molecule has 0 aromatic carbocycles. The highest BCUT2D eigenvalue weighted by molar-refractivity contribution is 5.82. The molecule has 0 heterocycles. The van der Waals surface area contributed by atoms with Crippen molar-refractivity contribution in [2.75, 3.05) is 0 Å². The summed E-state index contributed by atoms with van der Waals surface area (Å²) in [7, 11) is 0. The predicted octanol–water partition coefficient (Wildman–Crippen LogP) is 2.93. The molecule has 1 fully saturated rings. The molecule has 1 rings (SSSR count). The summed E-state index contributed by atoms with van der Waals surface area (Å²) in [6.45, 7) is 8.87. The van der Waals surface area contributed by atoms with Crippen LogP contribution in [0.4, 0.5) is 0 Å². The first-order chi connectivity index (χ1) is 7.45. The van der Waals surface area contributed by atoms with Crippen molar-refractivity contribution in [3.8, 4) is 0 Å². The minimum absolute atomic E-state index is 0.0379. The van der Waals surface area contributed by atoms with E-state index in [0.717, 1.165) is 24.8 Å². The van der Waals surface area contributed by atoms with Crippen LogP contribution in [-0.2, 0) is 9.59 Å². The first kappa shape index (κ1) is 12.9. The summed E-state index contributed by atoms with van der Waals surface area (Å²) >= 11 is 0. The van der Waals surface area contributed by atoms with Gasteiger partial charge in [0, 0.05) is 11.8 Å². The van der Waals surface area contributed by atoms with Crippen LogP contribution in [0.5, 0.6) is 0 Å². The average Bonchev–Trinajstić information content (AvgIpc) is 2.27. The molecule has 1 aliphatic carbocycles. The molecule has 0 bridgehead atoms. The van der Waals surface area contributed by atoms with Gasteiger partial charge in [-0.05, 0) is 51.5 Å². The van der Waals surface area contributed by atoms with Gasteiger partial charge in [-0.15, -0.1) is 5.73 Å². The quantitative estimate of drug-likeness (QED) is 0.685. The van der Waals surface area contributed by atoms with Crippen LogP contribution in [-0.4, -0.2) is 11.6 Å². The van der Waals surface area contributed by atoms with E-state index < -0.39 is 0 Å². The highest BCUT2D eigenvalue weighted by atomic mass is 16.1. The number of carbonyl (C=O) groups is 2. The molecule has 1 unspecified atom stereocenters. The van der Waals surface area contributed by atoms with E-state index >= 15 is 0 Å². The summed E-state index contributed by atoms with van der Waals surface area (Å²) in [6.07, 6.45) is 2.44. The second kappa shape index (κ2) is 5.27. The smallest absolute Gasteiger partial charge is 0.132 e. The van der Waals surface area contributed by atoms with Crippen LogP contribution in [0.3, 0.4) is 0 Å². The third kappa shape index (κ3) is 2.93. The fourth-order valence-corrected chi connectivity index (χ4v) is 2.48. The van der Waals surface area contributed by atoms with Crippen molar-refractivity contribution in [1.29, 1.82) is 0 Å². The van der Waals surface area contributed by atoms with Gasteiger partial charge in [0.1, 0.15) is 11.6 Å². The standard InChI is InChI=1S/C14H20O2/c1-5-9(2)12-6-13(10(3)15)8-14(7-12)11(4)16/h12-14H,1,6-8H2,2-4H3/t12?,13-,14+. The van der Waals surface area contributed by atoms with Crippen LogP contribution in [0.25, 0.3) is 0 Å². The number of rotatable bonds is 3. The Morgan fingerprint density at radius 2 is 1.31 bits per heavy atom. The number of hydrogen-bond donors (Lipinski definition) is 0. The first-order valence-corrected chi connectivity index (χ1v) is 5.83. The molecule has 2 nitrogen and oxygen atoms in total. The molecule has 2 heteroatoms. The summed E-state index contributed by atoms with van der Waals surface area (Å²) in [5, 5.41) is 0. The zero-order valence-corrected chi connectivity index (χ0v) is 10.4. The maximum atomic E-state index is 11.5. The van der Waals surface area contributed by atoms with Crippen LogP contribution in [0, 0.1) is 17.8 Å². The number of allylic oxidation sites excluding steroid dienone is 1. The number of ketones is 2. The Bertz CT molecular complexity index is 326. The molecular formula is C14H20O2. The van der Waals surface area contributed by atoms with E-state index in [1.807, 2.05) is 6.92 Å². The van der Waals surface area contributed by atoms with E-state index in [2.05, 4.69) is 12.3 Å². The van der Waals surface area contributed by atoms with E-state index in [9.17, 15) is 9.59 Å². The fraction of sp³-hybridized carbons (Fsp3) is 0.643. The molecule has 0 spiro atoms. The van der Waals surface area contributed by atoms with Gasteiger partial charge >= 0.3 is 0 Å². The van der Waals surface area contributed by atoms with Crippen molar-refractivity contribution < 1.29 is 9.59 Å². The Balaban J connectivity index is 2.86. The van der Waals surface area contributed by atoms with Crippen LogP contribution in [0.2, 0.25) is 0 Å². The normalized spacial score (nSPS) is 29.3. The van der Waals surface area contributed by atoms with Crippen molar-refractivity contribution in [3.05, 3.63) is 17.9 Å². The Labute approximate surface area is 97.4 Å². The largest absolute Gasteiger partial charge is 0.300 e. The van der Waals surface area contributed by atoms with E-state index in [-0.39, 0.29) is 23.4 Å². The number of carbonyl (C=O) groups excluding carboxylic acids is 2. The second-order valence-corrected chi connectivity index (χ2v) is 4.88. The summed E-state index contributed by atoms with van der Waals surface area (Å²) in [5.41, 5.74) is 3.98. The van der Waals surface area contributed by atoms with Gasteiger partial charge in [-0.1, -0.05) is 6.58 Å². The van der Waals surface area contributed by atoms with Crippen molar-refractivity contribution in [3.63, 3.8) is 0 Å². The van der Waals surface area contributed by atoms with Gasteiger partial charge in [-0.2, -0.15) is 0 Å². The Kier molecular flexibility index (Phi) is 4.26. The minimum Gasteiger partial charge on any atom is -0.300 e. The lowest BCUT2D eigenvalue weighted by atomic mass is 9.70. The van der Waals surface area contributed by atoms with Gasteiger partial charge < -0.3 is 0 Å². The fourth-order valence-electron chi connectivity index (χ4n) is 2.48. The monoisotopic (exact) mass is 220 g/mol. The topological polar surface area (TPSA) is 34.1 Å². The molecule has 16 heavy (non-hydrogen) atoms. The SMILES string of the molecule is C=C=C(C)C1C[C@@H](C(C)=O)C[C@@H](C(C)=O)C1. The third-order valence-electron chi connectivity index (χ3n) is 3.75. The summed E-state index contributed by atoms with van der Waals surface area (Å²) in [6, 6.07) is 0. The zero-order valence-electron chi connectivity index (χ0n) is 10.4. The van der Waals surface area contributed by atoms with Crippen molar-refractivity contribution in [2.45, 2.75) is 40.0 Å². The van der Waals surface area contributed by atoms with Gasteiger partial charge in [0.15, 0.2) is 0 Å². The summed E-state index contributed by atoms with van der Waals surface area (Å²) in [4.78, 5) is 22.9. The first-order valence-electron chi connectivity index (χ1n) is 5.83. The van der Waals surface area contributed by atoms with Gasteiger partial charge in [0.2, 0.25) is 0 Å². The van der Waals surface area contributed by atoms with Crippen molar-refractivity contribution in [1.82, 2.24) is 0 Å². The molecule has 0 saturated heterocycles. The van der Waals surface area contributed by atoms with Crippen LogP contribution >= 0.6 is 0 Å². The van der Waals surface area contributed by atoms with Gasteiger partial charge in [-0.25, -0.2) is 0 Å². The van der Waals surface area contributed by atoms with Crippen molar-refractivity contribution >= 4 is 11.6 Å². The molecule has 1 saturated carbocycles. The van der Waals surface area contributed by atoms with E-state index in [1.54, 1.807) is 13.8 Å². The maximum Gasteiger partial charge on any atom is 0.132 e. The van der Waals surface area contributed by atoms with E-state index in [4.69, 9.17) is 0 Å². The molecule has 1 aliphatic rings. The van der Waals surface area contributed by atoms with Gasteiger partial charge in [0.25, 0.3) is 0 Å². The molecule has 0 radical (unpaired) electrons. The molecule has 0 aromatic rings. The molecule has 0 amide bonds. The van der Waals surface area contributed by atoms with E-state index in [1.165, 1.54) is 0 Å². The third-order valence-corrected chi connectivity index (χ3v) is 3.75.